The van der Waals surface area contributed by atoms with Crippen LogP contribution in [0.2, 0.25) is 0 Å². The highest BCUT2D eigenvalue weighted by Gasteiger charge is 2.46. The Hall–Kier alpha value is -5.83. The largest absolute Gasteiger partial charge is 0.450 e. The van der Waals surface area contributed by atoms with E-state index in [4.69, 9.17) is 4.74 Å². The van der Waals surface area contributed by atoms with Gasteiger partial charge in [0.2, 0.25) is 47.3 Å². The molecule has 6 N–H and O–H groups in total. The molecule has 2 heterocycles. The minimum atomic E-state index is -1.72. The number of ether oxygens (including phenoxy) is 1. The molecule has 9 amide bonds. The Morgan fingerprint density at radius 2 is 0.883 bits per heavy atom. The molecule has 0 aromatic heterocycles. The number of piperazine rings is 1. The summed E-state index contributed by atoms with van der Waals surface area (Å²) >= 11 is 0. The molecule has 0 radical (unpaired) electrons. The lowest BCUT2D eigenvalue weighted by atomic mass is 9.91. The van der Waals surface area contributed by atoms with Crippen molar-refractivity contribution in [1.82, 2.24) is 60.5 Å². The van der Waals surface area contributed by atoms with Crippen molar-refractivity contribution < 1.29 is 67.7 Å². The first kappa shape index (κ1) is 84.3. The lowest BCUT2D eigenvalue weighted by Crippen LogP contribution is -2.64. The third-order valence-corrected chi connectivity index (χ3v) is 17.9. The van der Waals surface area contributed by atoms with Gasteiger partial charge in [0.1, 0.15) is 48.3 Å². The van der Waals surface area contributed by atoms with Gasteiger partial charge in [0.15, 0.2) is 11.9 Å². The zero-order chi connectivity index (χ0) is 72.2. The number of hydrogen-bond acceptors (Lipinski definition) is 17. The molecule has 0 saturated carbocycles. The minimum Gasteiger partial charge on any atom is -0.450 e. The predicted molar refractivity (Wildman–Crippen MR) is 361 cm³/mol. The fourth-order valence-corrected chi connectivity index (χ4v) is 12.2. The summed E-state index contributed by atoms with van der Waals surface area (Å²) in [5, 5.41) is 34.9. The number of carbonyl (C=O) groups is 11. The Balaban J connectivity index is 2.99. The average Bonchev–Trinajstić information content (AvgIpc) is 0.831. The number of aliphatic hydroxyl groups excluding tert-OH is 2. The second-order valence-corrected chi connectivity index (χ2v) is 29.9. The number of Topliss-reactive ketones (excluding diaryl/α,β-unsaturated/α-hetero) is 1. The summed E-state index contributed by atoms with van der Waals surface area (Å²) in [6.45, 7) is 32.7. The van der Waals surface area contributed by atoms with Crippen molar-refractivity contribution in [2.75, 3.05) is 95.1 Å². The molecule has 0 aliphatic carbocycles. The SMILES string of the molecule is CC(C)C[C@@H]1NC(=O)[C@H](CC(C)C)N(C)C(=O)[C@@H](C(C)C)OC(=O)[C@H](C)NC(=O)[C@H](CC(C)C)N(C)C(=O)[C@H](CC(C)C)NC(=O)[C@H](CC(C)C)N(C)CC(=O)CN(C)C(=O)[C@H]([C@@H](C)O)NC(=O)[C@H]([C@H](O)[C@H](C)CCN2CCN(C)CC2)N(C)C(=O)[C@H](C(C)C)N(C)C1=O. The number of rotatable bonds is 18. The summed E-state index contributed by atoms with van der Waals surface area (Å²) in [5.41, 5.74) is 0. The summed E-state index contributed by atoms with van der Waals surface area (Å²) in [7, 11) is 10.5. The molecular formula is C68H124N12O14. The number of hydrogen-bond donors (Lipinski definition) is 6. The Morgan fingerprint density at radius 3 is 1.33 bits per heavy atom. The van der Waals surface area contributed by atoms with Gasteiger partial charge in [-0.2, -0.15) is 0 Å². The molecule has 2 fully saturated rings. The topological polar surface area (TPSA) is 312 Å². The number of esters is 1. The molecule has 0 unspecified atom stereocenters. The van der Waals surface area contributed by atoms with E-state index in [2.05, 4.69) is 31.1 Å². The zero-order valence-electron chi connectivity index (χ0n) is 61.6. The third-order valence-electron chi connectivity index (χ3n) is 17.9. The number of likely N-dealkylation sites (N-methyl/N-ethyl adjacent to an activating group) is 7. The van der Waals surface area contributed by atoms with Gasteiger partial charge in [-0.05, 0) is 120 Å². The zero-order valence-corrected chi connectivity index (χ0v) is 61.6. The van der Waals surface area contributed by atoms with E-state index in [1.807, 2.05) is 76.3 Å². The summed E-state index contributed by atoms with van der Waals surface area (Å²) in [5.74, 6) is -10.8. The maximum absolute atomic E-state index is 15.3. The summed E-state index contributed by atoms with van der Waals surface area (Å²) < 4.78 is 5.92. The van der Waals surface area contributed by atoms with Gasteiger partial charge >= 0.3 is 5.97 Å². The Kier molecular flexibility index (Phi) is 34.8. The maximum atomic E-state index is 15.3. The standard InChI is InChI=1S/C68H124N12O14/c1-38(2)31-49-63(88)76(21)52(34-41(7)8)60(85)69-46(16)68(93)94-58(44(13)14)67(92)77(22)53(35-42(9)10)61(86)71-50(32-39(3)4)64(89)78(23)55(43(11)12)66(91)79(24)56(57(83)45(15)25-26-80-29-27-73(18)28-30-80)62(87)72-54(47(17)81)65(90)75(20)37-48(82)36-74(19)51(33-40(5)6)59(84)70-49/h38-47,49-58,81,83H,25-37H2,1-24H3,(H,69,85)(H,70,84)(H,71,86)(H,72,87)/t45-,46+,47-,49+,50+,51+,52+,53+,54+,55+,56+,57-,58-/m1/s1. The number of carbonyl (C=O) groups excluding carboxylic acids is 11. The molecule has 0 aromatic carbocycles. The van der Waals surface area contributed by atoms with Crippen molar-refractivity contribution in [2.24, 2.45) is 47.3 Å². The highest BCUT2D eigenvalue weighted by atomic mass is 16.6. The van der Waals surface area contributed by atoms with Gasteiger partial charge in [-0.15, -0.1) is 0 Å². The molecular weight excluding hydrogens is 1210 g/mol. The first-order chi connectivity index (χ1) is 43.4. The number of nitrogens with zero attached hydrogens (tertiary/aromatic N) is 8. The van der Waals surface area contributed by atoms with Crippen molar-refractivity contribution in [3.05, 3.63) is 0 Å². The Bertz CT molecular complexity index is 2520. The highest BCUT2D eigenvalue weighted by Crippen LogP contribution is 2.25. The van der Waals surface area contributed by atoms with Crippen LogP contribution in [0.15, 0.2) is 0 Å². The lowest BCUT2D eigenvalue weighted by molar-refractivity contribution is -0.166. The molecule has 2 saturated heterocycles. The highest BCUT2D eigenvalue weighted by molar-refractivity contribution is 5.99. The number of aliphatic hydroxyl groups is 2. The first-order valence-electron chi connectivity index (χ1n) is 34.2. The van der Waals surface area contributed by atoms with Gasteiger partial charge in [-0.3, -0.25) is 52.8 Å². The van der Waals surface area contributed by atoms with E-state index < -0.39 is 162 Å². The van der Waals surface area contributed by atoms with Crippen LogP contribution in [0.4, 0.5) is 0 Å². The lowest BCUT2D eigenvalue weighted by Gasteiger charge is -2.40. The second kappa shape index (κ2) is 38.8. The van der Waals surface area contributed by atoms with Crippen molar-refractivity contribution in [2.45, 2.75) is 229 Å². The van der Waals surface area contributed by atoms with Crippen LogP contribution < -0.4 is 21.3 Å². The van der Waals surface area contributed by atoms with Gasteiger partial charge in [-0.1, -0.05) is 104 Å². The molecule has 0 bridgehead atoms. The van der Waals surface area contributed by atoms with Gasteiger partial charge in [-0.25, -0.2) is 4.79 Å². The molecule has 26 nitrogen and oxygen atoms in total. The van der Waals surface area contributed by atoms with Crippen molar-refractivity contribution in [3.63, 3.8) is 0 Å². The van der Waals surface area contributed by atoms with Crippen LogP contribution in [0.25, 0.3) is 0 Å². The van der Waals surface area contributed by atoms with E-state index in [1.54, 1.807) is 41.7 Å². The molecule has 0 aromatic rings. The maximum Gasteiger partial charge on any atom is 0.329 e. The molecule has 13 atom stereocenters. The quantitative estimate of drug-likeness (QED) is 0.107. The third kappa shape index (κ3) is 25.3. The summed E-state index contributed by atoms with van der Waals surface area (Å²) in [4.78, 5) is 173. The van der Waals surface area contributed by atoms with Crippen LogP contribution in [0.3, 0.4) is 0 Å². The second-order valence-electron chi connectivity index (χ2n) is 29.9. The van der Waals surface area contributed by atoms with Crippen LogP contribution in [-0.4, -0.2) is 282 Å². The van der Waals surface area contributed by atoms with Gasteiger partial charge in [0, 0.05) is 61.4 Å². The van der Waals surface area contributed by atoms with Crippen LogP contribution in [-0.2, 0) is 57.5 Å². The van der Waals surface area contributed by atoms with Crippen LogP contribution >= 0.6 is 0 Å². The predicted octanol–water partition coefficient (Wildman–Crippen LogP) is 2.06. The smallest absolute Gasteiger partial charge is 0.329 e. The molecule has 2 aliphatic heterocycles. The molecule has 2 aliphatic rings. The molecule has 26 heteroatoms. The van der Waals surface area contributed by atoms with Crippen LogP contribution in [0, 0.1) is 47.3 Å². The molecule has 94 heavy (non-hydrogen) atoms. The molecule has 540 valence electrons. The van der Waals surface area contributed by atoms with Crippen molar-refractivity contribution in [1.29, 1.82) is 0 Å². The van der Waals surface area contributed by atoms with E-state index in [0.29, 0.717) is 13.0 Å². The van der Waals surface area contributed by atoms with Gasteiger partial charge in [0.05, 0.1) is 31.3 Å². The van der Waals surface area contributed by atoms with Crippen LogP contribution in [0.5, 0.6) is 0 Å². The van der Waals surface area contributed by atoms with E-state index in [-0.39, 0.29) is 68.2 Å². The number of cyclic esters (lactones) is 1. The molecule has 0 spiro atoms. The fourth-order valence-electron chi connectivity index (χ4n) is 12.2. The first-order valence-corrected chi connectivity index (χ1v) is 34.2. The number of ketones is 1. The van der Waals surface area contributed by atoms with Crippen molar-refractivity contribution >= 4 is 64.9 Å². The number of nitrogens with one attached hydrogen (secondary N) is 4. The van der Waals surface area contributed by atoms with E-state index >= 15 is 14.4 Å². The van der Waals surface area contributed by atoms with Gasteiger partial charge < -0.3 is 70.5 Å². The minimum absolute atomic E-state index is 0.0848. The Labute approximate surface area is 562 Å². The van der Waals surface area contributed by atoms with E-state index in [9.17, 15) is 48.6 Å². The molecule has 2 rings (SSSR count). The average molecular weight is 1330 g/mol. The van der Waals surface area contributed by atoms with Crippen molar-refractivity contribution in [3.8, 4) is 0 Å². The van der Waals surface area contributed by atoms with E-state index in [1.165, 1.54) is 68.7 Å². The van der Waals surface area contributed by atoms with E-state index in [0.717, 1.165) is 36.0 Å². The van der Waals surface area contributed by atoms with Gasteiger partial charge in [0.25, 0.3) is 5.91 Å². The monoisotopic (exact) mass is 1330 g/mol. The summed E-state index contributed by atoms with van der Waals surface area (Å²) in [6, 6.07) is -11.9. The number of amides is 9. The Morgan fingerprint density at radius 1 is 0.457 bits per heavy atom. The van der Waals surface area contributed by atoms with Crippen LogP contribution in [0.1, 0.15) is 156 Å². The summed E-state index contributed by atoms with van der Waals surface area (Å²) in [6.07, 6.45) is -3.49. The fraction of sp³-hybridized carbons (Fsp3) is 0.838. The normalized spacial score (nSPS) is 27.4.